The van der Waals surface area contributed by atoms with Crippen LogP contribution in [0.3, 0.4) is 0 Å². The number of nitro groups is 1. The number of benzene rings is 2. The van der Waals surface area contributed by atoms with Crippen LogP contribution < -0.4 is 10.1 Å². The normalized spacial score (nSPS) is 14.9. The fourth-order valence-electron chi connectivity index (χ4n) is 3.01. The lowest BCUT2D eigenvalue weighted by molar-refractivity contribution is -0.385. The van der Waals surface area contributed by atoms with E-state index in [0.29, 0.717) is 6.07 Å². The predicted molar refractivity (Wildman–Crippen MR) is 98.4 cm³/mol. The molecule has 0 heterocycles. The minimum atomic E-state index is -4.85. The number of hydrogen-bond acceptors (Lipinski definition) is 4. The van der Waals surface area contributed by atoms with Crippen molar-refractivity contribution in [2.45, 2.75) is 32.0 Å². The van der Waals surface area contributed by atoms with E-state index in [9.17, 15) is 28.1 Å². The van der Waals surface area contributed by atoms with Gasteiger partial charge in [-0.1, -0.05) is 29.8 Å². The number of carbonyl (C=O) groups is 1. The van der Waals surface area contributed by atoms with E-state index >= 15 is 0 Å². The average molecular weight is 408 g/mol. The Morgan fingerprint density at radius 3 is 2.45 bits per heavy atom. The molecule has 2 aromatic rings. The number of aryl methyl sites for hydroxylation is 1. The first-order valence-corrected chi connectivity index (χ1v) is 8.99. The van der Waals surface area contributed by atoms with Gasteiger partial charge in [-0.25, -0.2) is 0 Å². The lowest BCUT2D eigenvalue weighted by atomic mass is 10.0. The number of hydrogen-bond donors (Lipinski definition) is 1. The number of alkyl halides is 3. The van der Waals surface area contributed by atoms with Crippen LogP contribution >= 0.6 is 0 Å². The molecule has 0 spiro atoms. The molecule has 3 rings (SSSR count). The quantitative estimate of drug-likeness (QED) is 0.538. The molecule has 2 aromatic carbocycles. The van der Waals surface area contributed by atoms with Crippen molar-refractivity contribution in [3.63, 3.8) is 0 Å². The Balaban J connectivity index is 1.70. The molecule has 6 nitrogen and oxygen atoms in total. The Kier molecular flexibility index (Phi) is 5.76. The van der Waals surface area contributed by atoms with Crippen LogP contribution in [0.5, 0.6) is 5.75 Å². The van der Waals surface area contributed by atoms with Crippen molar-refractivity contribution in [2.24, 2.45) is 5.92 Å². The summed E-state index contributed by atoms with van der Waals surface area (Å²) in [6.07, 6.45) is -2.93. The van der Waals surface area contributed by atoms with Crippen molar-refractivity contribution in [3.05, 3.63) is 69.3 Å². The summed E-state index contributed by atoms with van der Waals surface area (Å²) in [7, 11) is 0. The van der Waals surface area contributed by atoms with E-state index in [1.165, 1.54) is 0 Å². The lowest BCUT2D eigenvalue weighted by Crippen LogP contribution is -2.34. The van der Waals surface area contributed by atoms with Gasteiger partial charge in [0, 0.05) is 12.1 Å². The Bertz CT molecular complexity index is 909. The highest BCUT2D eigenvalue weighted by atomic mass is 19.4. The Morgan fingerprint density at radius 2 is 1.90 bits per heavy atom. The smallest absolute Gasteiger partial charge is 0.420 e. The van der Waals surface area contributed by atoms with Crippen LogP contribution in [0.25, 0.3) is 0 Å². The number of non-ortho nitro benzene ring substituents is 1. The van der Waals surface area contributed by atoms with Crippen LogP contribution in [0.4, 0.5) is 18.9 Å². The summed E-state index contributed by atoms with van der Waals surface area (Å²) in [5, 5.41) is 13.6. The van der Waals surface area contributed by atoms with Crippen LogP contribution in [-0.2, 0) is 11.0 Å². The molecule has 0 bridgehead atoms. The highest BCUT2D eigenvalue weighted by Crippen LogP contribution is 2.41. The highest BCUT2D eigenvalue weighted by Gasteiger charge is 2.37. The van der Waals surface area contributed by atoms with Gasteiger partial charge in [-0.3, -0.25) is 14.9 Å². The van der Waals surface area contributed by atoms with Crippen molar-refractivity contribution < 1.29 is 27.6 Å². The zero-order chi connectivity index (χ0) is 21.2. The molecule has 154 valence electrons. The molecule has 0 aliphatic heterocycles. The van der Waals surface area contributed by atoms with E-state index in [-0.39, 0.29) is 12.0 Å². The molecule has 1 saturated carbocycles. The maximum absolute atomic E-state index is 13.2. The molecule has 1 unspecified atom stereocenters. The molecule has 1 atom stereocenters. The van der Waals surface area contributed by atoms with Gasteiger partial charge in [0.15, 0.2) is 6.61 Å². The molecule has 1 fully saturated rings. The number of nitro benzene ring substituents is 1. The van der Waals surface area contributed by atoms with Crippen molar-refractivity contribution in [1.29, 1.82) is 0 Å². The molecular weight excluding hydrogens is 389 g/mol. The third kappa shape index (κ3) is 5.24. The number of halogens is 3. The molecule has 1 aliphatic carbocycles. The first kappa shape index (κ1) is 20.6. The second-order valence-corrected chi connectivity index (χ2v) is 7.02. The standard InChI is InChI=1S/C20H19F3N2O4/c1-12-2-4-13(5-3-12)19(14-6-7-14)24-18(26)11-29-17-9-8-15(25(27)28)10-16(17)20(21,22)23/h2-5,8-10,14,19H,6-7,11H2,1H3,(H,24,26). The number of nitrogens with one attached hydrogen (secondary N) is 1. The highest BCUT2D eigenvalue weighted by molar-refractivity contribution is 5.78. The first-order chi connectivity index (χ1) is 13.6. The summed E-state index contributed by atoms with van der Waals surface area (Å²) < 4.78 is 44.6. The van der Waals surface area contributed by atoms with Crippen molar-refractivity contribution >= 4 is 11.6 Å². The van der Waals surface area contributed by atoms with Gasteiger partial charge >= 0.3 is 6.18 Å². The van der Waals surface area contributed by atoms with Gasteiger partial charge in [0.2, 0.25) is 0 Å². The van der Waals surface area contributed by atoms with Gasteiger partial charge in [-0.15, -0.1) is 0 Å². The largest absolute Gasteiger partial charge is 0.483 e. The second kappa shape index (κ2) is 8.10. The summed E-state index contributed by atoms with van der Waals surface area (Å²) in [4.78, 5) is 22.1. The zero-order valence-corrected chi connectivity index (χ0v) is 15.5. The number of carbonyl (C=O) groups excluding carboxylic acids is 1. The molecular formula is C20H19F3N2O4. The van der Waals surface area contributed by atoms with Gasteiger partial charge in [0.25, 0.3) is 11.6 Å². The van der Waals surface area contributed by atoms with Crippen LogP contribution in [-0.4, -0.2) is 17.4 Å². The lowest BCUT2D eigenvalue weighted by Gasteiger charge is -2.20. The van der Waals surface area contributed by atoms with E-state index in [1.54, 1.807) is 0 Å². The molecule has 29 heavy (non-hydrogen) atoms. The minimum Gasteiger partial charge on any atom is -0.483 e. The molecule has 9 heteroatoms. The van der Waals surface area contributed by atoms with E-state index in [0.717, 1.165) is 36.1 Å². The number of nitrogens with zero attached hydrogens (tertiary/aromatic N) is 1. The van der Waals surface area contributed by atoms with Crippen LogP contribution in [0.2, 0.25) is 0 Å². The van der Waals surface area contributed by atoms with E-state index in [2.05, 4.69) is 5.32 Å². The third-order valence-electron chi connectivity index (χ3n) is 4.68. The average Bonchev–Trinajstić information content (AvgIpc) is 3.49. The SMILES string of the molecule is Cc1ccc(C(NC(=O)COc2ccc([N+](=O)[O-])cc2C(F)(F)F)C2CC2)cc1. The van der Waals surface area contributed by atoms with Gasteiger partial charge in [-0.05, 0) is 37.3 Å². The van der Waals surface area contributed by atoms with Crippen LogP contribution in [0.1, 0.15) is 35.6 Å². The topological polar surface area (TPSA) is 81.5 Å². The fourth-order valence-corrected chi connectivity index (χ4v) is 3.01. The summed E-state index contributed by atoms with van der Waals surface area (Å²) in [5.41, 5.74) is 0.00708. The van der Waals surface area contributed by atoms with E-state index < -0.39 is 40.6 Å². The van der Waals surface area contributed by atoms with Gasteiger partial charge < -0.3 is 10.1 Å². The Labute approximate surface area is 164 Å². The Morgan fingerprint density at radius 1 is 1.24 bits per heavy atom. The molecule has 1 aliphatic rings. The molecule has 0 aromatic heterocycles. The minimum absolute atomic E-state index is 0.231. The van der Waals surface area contributed by atoms with Crippen molar-refractivity contribution in [1.82, 2.24) is 5.32 Å². The van der Waals surface area contributed by atoms with Gasteiger partial charge in [0.1, 0.15) is 11.3 Å². The van der Waals surface area contributed by atoms with Crippen LogP contribution in [0.15, 0.2) is 42.5 Å². The van der Waals surface area contributed by atoms with E-state index in [4.69, 9.17) is 4.74 Å². The zero-order valence-electron chi connectivity index (χ0n) is 15.5. The summed E-state index contributed by atoms with van der Waals surface area (Å²) in [6, 6.07) is 9.61. The maximum atomic E-state index is 13.2. The van der Waals surface area contributed by atoms with Crippen LogP contribution in [0, 0.1) is 23.0 Å². The van der Waals surface area contributed by atoms with Gasteiger partial charge in [-0.2, -0.15) is 13.2 Å². The number of ether oxygens (including phenoxy) is 1. The first-order valence-electron chi connectivity index (χ1n) is 8.99. The second-order valence-electron chi connectivity index (χ2n) is 7.02. The molecule has 1 amide bonds. The maximum Gasteiger partial charge on any atom is 0.420 e. The predicted octanol–water partition coefficient (Wildman–Crippen LogP) is 4.57. The summed E-state index contributed by atoms with van der Waals surface area (Å²) in [6.45, 7) is 1.32. The van der Waals surface area contributed by atoms with E-state index in [1.807, 2.05) is 31.2 Å². The third-order valence-corrected chi connectivity index (χ3v) is 4.68. The van der Waals surface area contributed by atoms with Crippen molar-refractivity contribution in [3.8, 4) is 5.75 Å². The monoisotopic (exact) mass is 408 g/mol. The number of amides is 1. The van der Waals surface area contributed by atoms with Gasteiger partial charge in [0.05, 0.1) is 11.0 Å². The summed E-state index contributed by atoms with van der Waals surface area (Å²) >= 11 is 0. The fraction of sp³-hybridized carbons (Fsp3) is 0.350. The molecule has 0 radical (unpaired) electrons. The Hall–Kier alpha value is -3.10. The summed E-state index contributed by atoms with van der Waals surface area (Å²) in [5.74, 6) is -0.905. The number of rotatable bonds is 7. The molecule has 0 saturated heterocycles. The molecule has 1 N–H and O–H groups in total. The van der Waals surface area contributed by atoms with Crippen molar-refractivity contribution in [2.75, 3.05) is 6.61 Å².